The lowest BCUT2D eigenvalue weighted by molar-refractivity contribution is 0.0500. The van der Waals surface area contributed by atoms with Gasteiger partial charge in [0.2, 0.25) is 5.95 Å². The second kappa shape index (κ2) is 8.90. The first-order chi connectivity index (χ1) is 15.8. The first-order valence-corrected chi connectivity index (χ1v) is 10.3. The van der Waals surface area contributed by atoms with Gasteiger partial charge < -0.3 is 25.2 Å². The van der Waals surface area contributed by atoms with Crippen LogP contribution in [0.25, 0.3) is 16.9 Å². The van der Waals surface area contributed by atoms with Crippen LogP contribution in [-0.2, 0) is 5.41 Å². The quantitative estimate of drug-likeness (QED) is 0.376. The van der Waals surface area contributed by atoms with Gasteiger partial charge in [0.05, 0.1) is 23.1 Å². The summed E-state index contributed by atoms with van der Waals surface area (Å²) >= 11 is 0. The highest BCUT2D eigenvalue weighted by Crippen LogP contribution is 2.27. The molecule has 1 atom stereocenters. The maximum absolute atomic E-state index is 9.70. The van der Waals surface area contributed by atoms with E-state index in [0.29, 0.717) is 16.9 Å². The van der Waals surface area contributed by atoms with Crippen LogP contribution in [0.3, 0.4) is 0 Å². The molecule has 0 radical (unpaired) electrons. The Bertz CT molecular complexity index is 1350. The number of aromatic nitrogens is 5. The maximum Gasteiger partial charge on any atom is 0.303 e. The lowest BCUT2D eigenvalue weighted by Gasteiger charge is -2.13. The van der Waals surface area contributed by atoms with Crippen molar-refractivity contribution in [3.63, 3.8) is 0 Å². The van der Waals surface area contributed by atoms with Crippen LogP contribution in [0.4, 0.5) is 5.95 Å². The number of ether oxygens (including phenoxy) is 1. The molecule has 0 bridgehead atoms. The highest BCUT2D eigenvalue weighted by molar-refractivity contribution is 5.80. The van der Waals surface area contributed by atoms with E-state index in [1.54, 1.807) is 10.6 Å². The van der Waals surface area contributed by atoms with Crippen molar-refractivity contribution in [1.82, 2.24) is 24.7 Å². The van der Waals surface area contributed by atoms with Gasteiger partial charge in [0.15, 0.2) is 0 Å². The van der Waals surface area contributed by atoms with E-state index in [1.165, 1.54) is 6.20 Å². The monoisotopic (exact) mass is 448 g/mol. The van der Waals surface area contributed by atoms with Crippen molar-refractivity contribution in [2.75, 3.05) is 18.9 Å². The second-order valence-electron chi connectivity index (χ2n) is 8.05. The summed E-state index contributed by atoms with van der Waals surface area (Å²) in [5, 5.41) is 22.9. The number of aryl methyl sites for hydroxylation is 1. The minimum Gasteiger partial charge on any atom is -0.462 e. The first kappa shape index (κ1) is 22.3. The molecule has 1 aromatic carbocycles. The van der Waals surface area contributed by atoms with Crippen molar-refractivity contribution in [2.45, 2.75) is 32.3 Å². The Balaban J connectivity index is 1.77. The number of rotatable bonds is 6. The van der Waals surface area contributed by atoms with Gasteiger partial charge in [-0.25, -0.2) is 9.55 Å². The van der Waals surface area contributed by atoms with Gasteiger partial charge in [-0.15, -0.1) is 0 Å². The molecule has 4 N–H and O–H groups in total. The average Bonchev–Trinajstić information content (AvgIpc) is 3.39. The maximum atomic E-state index is 9.70. The van der Waals surface area contributed by atoms with Crippen LogP contribution in [0.15, 0.2) is 41.1 Å². The summed E-state index contributed by atoms with van der Waals surface area (Å²) in [6, 6.07) is 9.28. The molecule has 170 valence electrons. The third-order valence-corrected chi connectivity index (χ3v) is 4.92. The van der Waals surface area contributed by atoms with E-state index < -0.39 is 18.1 Å². The molecule has 3 heterocycles. The number of nitrogens with two attached hydrogens (primary N) is 1. The summed E-state index contributed by atoms with van der Waals surface area (Å²) in [5.74, 6) is 7.72. The molecule has 10 heteroatoms. The van der Waals surface area contributed by atoms with Crippen LogP contribution < -0.4 is 10.5 Å². The van der Waals surface area contributed by atoms with Gasteiger partial charge in [-0.2, -0.15) is 9.97 Å². The molecule has 0 aliphatic rings. The summed E-state index contributed by atoms with van der Waals surface area (Å²) in [5.41, 5.74) is 8.10. The van der Waals surface area contributed by atoms with Gasteiger partial charge in [-0.3, -0.25) is 0 Å². The third-order valence-electron chi connectivity index (χ3n) is 4.92. The van der Waals surface area contributed by atoms with E-state index in [-0.39, 0.29) is 18.6 Å². The fourth-order valence-electron chi connectivity index (χ4n) is 3.11. The largest absolute Gasteiger partial charge is 0.462 e. The molecule has 0 aliphatic heterocycles. The van der Waals surface area contributed by atoms with E-state index in [9.17, 15) is 5.11 Å². The topological polar surface area (TPSA) is 145 Å². The Kier molecular flexibility index (Phi) is 6.00. The van der Waals surface area contributed by atoms with Crippen LogP contribution in [-0.4, -0.2) is 54.2 Å². The van der Waals surface area contributed by atoms with E-state index in [2.05, 4.69) is 31.9 Å². The molecule has 3 aromatic heterocycles. The van der Waals surface area contributed by atoms with E-state index in [1.807, 2.05) is 45.0 Å². The molecular formula is C23H24N6O4. The van der Waals surface area contributed by atoms with E-state index >= 15 is 0 Å². The molecule has 0 aliphatic carbocycles. The third kappa shape index (κ3) is 4.79. The minimum absolute atomic E-state index is 0.0938. The van der Waals surface area contributed by atoms with Crippen molar-refractivity contribution in [1.29, 1.82) is 0 Å². The molecule has 0 saturated carbocycles. The molecule has 4 rings (SSSR count). The fourth-order valence-corrected chi connectivity index (χ4v) is 3.11. The first-order valence-electron chi connectivity index (χ1n) is 10.3. The van der Waals surface area contributed by atoms with Crippen molar-refractivity contribution in [3.8, 4) is 23.7 Å². The zero-order valence-corrected chi connectivity index (χ0v) is 18.5. The van der Waals surface area contributed by atoms with Gasteiger partial charge in [0, 0.05) is 23.9 Å². The van der Waals surface area contributed by atoms with Crippen LogP contribution in [0.1, 0.15) is 30.9 Å². The number of nitrogens with zero attached hydrogens (tertiary/aromatic N) is 5. The summed E-state index contributed by atoms with van der Waals surface area (Å²) in [4.78, 5) is 12.7. The van der Waals surface area contributed by atoms with E-state index in [0.717, 1.165) is 17.0 Å². The summed E-state index contributed by atoms with van der Waals surface area (Å²) in [6.45, 7) is 5.22. The number of aliphatic hydroxyl groups excluding tert-OH is 2. The number of hydrogen-bond donors (Lipinski definition) is 3. The van der Waals surface area contributed by atoms with Crippen molar-refractivity contribution in [2.24, 2.45) is 0 Å². The van der Waals surface area contributed by atoms with Gasteiger partial charge in [-0.05, 0) is 39.0 Å². The van der Waals surface area contributed by atoms with Gasteiger partial charge >= 0.3 is 6.01 Å². The van der Waals surface area contributed by atoms with Crippen LogP contribution in [0.2, 0.25) is 0 Å². The lowest BCUT2D eigenvalue weighted by Crippen LogP contribution is -2.22. The van der Waals surface area contributed by atoms with Gasteiger partial charge in [0.1, 0.15) is 30.0 Å². The second-order valence-corrected chi connectivity index (χ2v) is 8.05. The normalized spacial score (nSPS) is 12.4. The van der Waals surface area contributed by atoms with Crippen molar-refractivity contribution >= 4 is 17.0 Å². The average molecular weight is 448 g/mol. The van der Waals surface area contributed by atoms with Crippen LogP contribution >= 0.6 is 0 Å². The predicted molar refractivity (Wildman–Crippen MR) is 121 cm³/mol. The van der Waals surface area contributed by atoms with Crippen molar-refractivity contribution in [3.05, 3.63) is 53.5 Å². The summed E-state index contributed by atoms with van der Waals surface area (Å²) < 4.78 is 12.5. The Hall–Kier alpha value is -3.94. The zero-order chi connectivity index (χ0) is 23.6. The predicted octanol–water partition coefficient (Wildman–Crippen LogP) is 1.76. The number of hydrogen-bond acceptors (Lipinski definition) is 9. The number of anilines is 1. The zero-order valence-electron chi connectivity index (χ0n) is 18.5. The van der Waals surface area contributed by atoms with Crippen LogP contribution in [0, 0.1) is 18.8 Å². The molecule has 33 heavy (non-hydrogen) atoms. The van der Waals surface area contributed by atoms with Gasteiger partial charge in [0.25, 0.3) is 0 Å². The molecule has 4 aromatic rings. The Morgan fingerprint density at radius 1 is 1.24 bits per heavy atom. The lowest BCUT2D eigenvalue weighted by atomic mass is 9.89. The smallest absolute Gasteiger partial charge is 0.303 e. The van der Waals surface area contributed by atoms with Gasteiger partial charge in [-0.1, -0.05) is 17.0 Å². The standard InChI is InChI=1S/C23H24N6O4/c1-14-10-19(28-33-14)23(2,3)8-6-15-4-5-17-18(11-15)29(20-7-9-25-21(24)27-20)22(26-17)32-13-16(31)12-30/h4-5,7,9-11,16,30-31H,12-13H2,1-3H3,(H2,24,25,27). The fraction of sp³-hybridized carbons (Fsp3) is 0.304. The Morgan fingerprint density at radius 2 is 2.06 bits per heavy atom. The molecule has 10 nitrogen and oxygen atoms in total. The SMILES string of the molecule is Cc1cc(C(C)(C)C#Cc2ccc3nc(OCC(O)CO)n(-c4ccnc(N)n4)c3c2)no1. The molecule has 0 fully saturated rings. The number of imidazole rings is 1. The molecular weight excluding hydrogens is 424 g/mol. The molecule has 1 unspecified atom stereocenters. The Morgan fingerprint density at radius 3 is 2.76 bits per heavy atom. The number of aliphatic hydroxyl groups is 2. The van der Waals surface area contributed by atoms with E-state index in [4.69, 9.17) is 20.1 Å². The summed E-state index contributed by atoms with van der Waals surface area (Å²) in [6.07, 6.45) is 0.486. The molecule has 0 saturated heterocycles. The highest BCUT2D eigenvalue weighted by Gasteiger charge is 2.22. The summed E-state index contributed by atoms with van der Waals surface area (Å²) in [7, 11) is 0. The van der Waals surface area contributed by atoms with Crippen molar-refractivity contribution < 1.29 is 19.5 Å². The number of fused-ring (bicyclic) bond motifs is 1. The molecule has 0 amide bonds. The van der Waals surface area contributed by atoms with Crippen LogP contribution in [0.5, 0.6) is 6.01 Å². The minimum atomic E-state index is -1.04. The highest BCUT2D eigenvalue weighted by atomic mass is 16.5. The number of nitrogen functional groups attached to an aromatic ring is 1. The Labute approximate surface area is 190 Å². The number of benzene rings is 1. The molecule has 0 spiro atoms.